The predicted molar refractivity (Wildman–Crippen MR) is 73.8 cm³/mol. The average molecular weight is 243 g/mol. The lowest BCUT2D eigenvalue weighted by molar-refractivity contribution is 0.183. The van der Waals surface area contributed by atoms with Crippen LogP contribution < -0.4 is 5.32 Å². The van der Waals surface area contributed by atoms with Crippen molar-refractivity contribution in [1.82, 2.24) is 15.1 Å². The van der Waals surface area contributed by atoms with E-state index < -0.39 is 0 Å². The molecule has 0 radical (unpaired) electrons. The van der Waals surface area contributed by atoms with Crippen LogP contribution in [0.2, 0.25) is 0 Å². The monoisotopic (exact) mass is 243 g/mol. The Balaban J connectivity index is 2.32. The lowest BCUT2D eigenvalue weighted by Gasteiger charge is -2.37. The summed E-state index contributed by atoms with van der Waals surface area (Å²) in [5.74, 6) is 0. The smallest absolute Gasteiger partial charge is 0.168 e. The highest BCUT2D eigenvalue weighted by Gasteiger charge is 2.22. The second kappa shape index (κ2) is 7.07. The van der Waals surface area contributed by atoms with E-state index in [-0.39, 0.29) is 0 Å². The molecule has 1 aliphatic rings. The summed E-state index contributed by atoms with van der Waals surface area (Å²) in [7, 11) is 4.31. The number of nitrogens with zero attached hydrogens (tertiary/aromatic N) is 2. The summed E-state index contributed by atoms with van der Waals surface area (Å²) in [6.07, 6.45) is 4.96. The SMILES string of the molecule is CCCCNC(=S)N1CCCC(N(C)C)C1. The van der Waals surface area contributed by atoms with Crippen molar-refractivity contribution in [1.29, 1.82) is 0 Å². The molecular weight excluding hydrogens is 218 g/mol. The lowest BCUT2D eigenvalue weighted by atomic mass is 10.1. The van der Waals surface area contributed by atoms with Gasteiger partial charge in [-0.2, -0.15) is 0 Å². The third-order valence-corrected chi connectivity index (χ3v) is 3.62. The zero-order valence-corrected chi connectivity index (χ0v) is 11.6. The van der Waals surface area contributed by atoms with Gasteiger partial charge in [0.2, 0.25) is 0 Å². The van der Waals surface area contributed by atoms with Gasteiger partial charge in [-0.25, -0.2) is 0 Å². The van der Waals surface area contributed by atoms with E-state index in [1.54, 1.807) is 0 Å². The molecule has 16 heavy (non-hydrogen) atoms. The highest BCUT2D eigenvalue weighted by atomic mass is 32.1. The van der Waals surface area contributed by atoms with Crippen LogP contribution in [0.1, 0.15) is 32.6 Å². The maximum atomic E-state index is 5.42. The minimum atomic E-state index is 0.652. The molecule has 1 N–H and O–H groups in total. The molecule has 4 heteroatoms. The fourth-order valence-electron chi connectivity index (χ4n) is 2.04. The number of likely N-dealkylation sites (N-methyl/N-ethyl adjacent to an activating group) is 1. The van der Waals surface area contributed by atoms with Gasteiger partial charge in [-0.3, -0.25) is 0 Å². The van der Waals surface area contributed by atoms with Gasteiger partial charge in [0.25, 0.3) is 0 Å². The number of unbranched alkanes of at least 4 members (excludes halogenated alkanes) is 1. The van der Waals surface area contributed by atoms with Crippen molar-refractivity contribution in [2.45, 2.75) is 38.6 Å². The molecule has 1 atom stereocenters. The summed E-state index contributed by atoms with van der Waals surface area (Å²) in [5, 5.41) is 4.30. The largest absolute Gasteiger partial charge is 0.363 e. The molecule has 0 spiro atoms. The molecule has 0 aliphatic carbocycles. The molecule has 1 fully saturated rings. The summed E-state index contributed by atoms with van der Waals surface area (Å²) >= 11 is 5.42. The fourth-order valence-corrected chi connectivity index (χ4v) is 2.31. The molecule has 0 amide bonds. The quantitative estimate of drug-likeness (QED) is 0.598. The van der Waals surface area contributed by atoms with Gasteiger partial charge >= 0.3 is 0 Å². The van der Waals surface area contributed by atoms with Gasteiger partial charge in [0.1, 0.15) is 0 Å². The molecule has 94 valence electrons. The van der Waals surface area contributed by atoms with Crippen LogP contribution in [0.25, 0.3) is 0 Å². The third-order valence-electron chi connectivity index (χ3n) is 3.22. The first kappa shape index (κ1) is 13.7. The molecule has 1 saturated heterocycles. The molecule has 0 aromatic rings. The van der Waals surface area contributed by atoms with Crippen molar-refractivity contribution in [2.75, 3.05) is 33.7 Å². The first-order valence-corrected chi connectivity index (χ1v) is 6.75. The van der Waals surface area contributed by atoms with Crippen LogP contribution in [-0.2, 0) is 0 Å². The predicted octanol–water partition coefficient (Wildman–Crippen LogP) is 1.69. The van der Waals surface area contributed by atoms with Crippen molar-refractivity contribution in [3.8, 4) is 0 Å². The second-order valence-corrected chi connectivity index (χ2v) is 5.18. The summed E-state index contributed by atoms with van der Waals surface area (Å²) in [4.78, 5) is 4.62. The van der Waals surface area contributed by atoms with Crippen molar-refractivity contribution in [2.24, 2.45) is 0 Å². The molecule has 1 unspecified atom stereocenters. The van der Waals surface area contributed by atoms with E-state index in [1.807, 2.05) is 0 Å². The molecule has 0 bridgehead atoms. The van der Waals surface area contributed by atoms with Crippen LogP contribution in [0.5, 0.6) is 0 Å². The molecule has 0 aromatic carbocycles. The topological polar surface area (TPSA) is 18.5 Å². The molecule has 0 aromatic heterocycles. The van der Waals surface area contributed by atoms with Gasteiger partial charge < -0.3 is 15.1 Å². The first-order valence-electron chi connectivity index (χ1n) is 6.34. The van der Waals surface area contributed by atoms with Crippen LogP contribution >= 0.6 is 12.2 Å². The number of piperidine rings is 1. The Bertz CT molecular complexity index is 218. The molecule has 0 saturated carbocycles. The number of rotatable bonds is 4. The van der Waals surface area contributed by atoms with Gasteiger partial charge in [-0.05, 0) is 45.6 Å². The summed E-state index contributed by atoms with van der Waals surface area (Å²) in [6.45, 7) is 5.40. The minimum absolute atomic E-state index is 0.652. The van der Waals surface area contributed by atoms with Crippen LogP contribution in [0.4, 0.5) is 0 Å². The van der Waals surface area contributed by atoms with Crippen molar-refractivity contribution < 1.29 is 0 Å². The standard InChI is InChI=1S/C12H25N3S/c1-4-5-8-13-12(16)15-9-6-7-11(10-15)14(2)3/h11H,4-10H2,1-3H3,(H,13,16). The van der Waals surface area contributed by atoms with Gasteiger partial charge in [0.05, 0.1) is 0 Å². The van der Waals surface area contributed by atoms with Crippen LogP contribution in [0.15, 0.2) is 0 Å². The Labute approximate surface area is 105 Å². The highest BCUT2D eigenvalue weighted by molar-refractivity contribution is 7.80. The van der Waals surface area contributed by atoms with E-state index in [2.05, 4.69) is 36.1 Å². The van der Waals surface area contributed by atoms with E-state index in [9.17, 15) is 0 Å². The van der Waals surface area contributed by atoms with E-state index in [0.717, 1.165) is 24.7 Å². The second-order valence-electron chi connectivity index (χ2n) is 4.79. The van der Waals surface area contributed by atoms with Gasteiger partial charge in [0, 0.05) is 25.7 Å². The molecule has 1 heterocycles. The maximum absolute atomic E-state index is 5.42. The van der Waals surface area contributed by atoms with Crippen LogP contribution in [0.3, 0.4) is 0 Å². The van der Waals surface area contributed by atoms with Gasteiger partial charge in [-0.15, -0.1) is 0 Å². The Morgan fingerprint density at radius 2 is 2.25 bits per heavy atom. The number of likely N-dealkylation sites (tertiary alicyclic amines) is 1. The minimum Gasteiger partial charge on any atom is -0.363 e. The fraction of sp³-hybridized carbons (Fsp3) is 0.917. The highest BCUT2D eigenvalue weighted by Crippen LogP contribution is 2.13. The van der Waals surface area contributed by atoms with Gasteiger partial charge in [-0.1, -0.05) is 13.3 Å². The van der Waals surface area contributed by atoms with E-state index >= 15 is 0 Å². The van der Waals surface area contributed by atoms with E-state index in [0.29, 0.717) is 6.04 Å². The Morgan fingerprint density at radius 3 is 2.88 bits per heavy atom. The van der Waals surface area contributed by atoms with Crippen molar-refractivity contribution in [3.63, 3.8) is 0 Å². The van der Waals surface area contributed by atoms with Crippen LogP contribution in [0, 0.1) is 0 Å². The average Bonchev–Trinajstić information content (AvgIpc) is 2.29. The van der Waals surface area contributed by atoms with Crippen LogP contribution in [-0.4, -0.2) is 54.7 Å². The number of hydrogen-bond acceptors (Lipinski definition) is 2. The Kier molecular flexibility index (Phi) is 6.06. The van der Waals surface area contributed by atoms with Crippen molar-refractivity contribution >= 4 is 17.3 Å². The molecular formula is C12H25N3S. The Hall–Kier alpha value is -0.350. The normalized spacial score (nSPS) is 21.2. The van der Waals surface area contributed by atoms with Gasteiger partial charge in [0.15, 0.2) is 5.11 Å². The molecule has 1 aliphatic heterocycles. The van der Waals surface area contributed by atoms with E-state index in [4.69, 9.17) is 12.2 Å². The summed E-state index contributed by atoms with van der Waals surface area (Å²) in [6, 6.07) is 0.652. The van der Waals surface area contributed by atoms with E-state index in [1.165, 1.54) is 25.7 Å². The molecule has 3 nitrogen and oxygen atoms in total. The zero-order valence-electron chi connectivity index (χ0n) is 10.8. The molecule has 1 rings (SSSR count). The third kappa shape index (κ3) is 4.26. The first-order chi connectivity index (χ1) is 7.65. The summed E-state index contributed by atoms with van der Waals surface area (Å²) < 4.78 is 0. The summed E-state index contributed by atoms with van der Waals surface area (Å²) in [5.41, 5.74) is 0. The lowest BCUT2D eigenvalue weighted by Crippen LogP contribution is -2.50. The maximum Gasteiger partial charge on any atom is 0.168 e. The zero-order chi connectivity index (χ0) is 12.0. The van der Waals surface area contributed by atoms with Crippen molar-refractivity contribution in [3.05, 3.63) is 0 Å². The Morgan fingerprint density at radius 1 is 1.50 bits per heavy atom. The number of thiocarbonyl (C=S) groups is 1. The number of hydrogen-bond donors (Lipinski definition) is 1. The number of nitrogens with one attached hydrogen (secondary N) is 1.